The zero-order chi connectivity index (χ0) is 19.5. The molecule has 0 atom stereocenters. The van der Waals surface area contributed by atoms with Gasteiger partial charge in [0.1, 0.15) is 24.7 Å². The van der Waals surface area contributed by atoms with Crippen LogP contribution in [0.2, 0.25) is 0 Å². The van der Waals surface area contributed by atoms with Gasteiger partial charge in [-0.1, -0.05) is 36.4 Å². The van der Waals surface area contributed by atoms with E-state index in [9.17, 15) is 9.59 Å². The molecule has 0 radical (unpaired) electrons. The Hall–Kier alpha value is -3.06. The largest absolute Gasteiger partial charge is 0.496 e. The number of amides is 2. The summed E-state index contributed by atoms with van der Waals surface area (Å²) in [5.41, 5.74) is 1.73. The van der Waals surface area contributed by atoms with Gasteiger partial charge in [-0.3, -0.25) is 9.59 Å². The number of hydrogen-bond donors (Lipinski definition) is 2. The van der Waals surface area contributed by atoms with Gasteiger partial charge in [-0.25, -0.2) is 0 Å². The second-order valence-electron chi connectivity index (χ2n) is 5.67. The van der Waals surface area contributed by atoms with Crippen LogP contribution in [0.15, 0.2) is 48.5 Å². The molecule has 0 aromatic heterocycles. The molecule has 0 unspecified atom stereocenters. The molecule has 144 valence electrons. The number of hydrogen-bond acceptors (Lipinski definition) is 5. The Morgan fingerprint density at radius 3 is 1.56 bits per heavy atom. The molecule has 0 saturated heterocycles. The number of methoxy groups -OCH3 is 2. The zero-order valence-electron chi connectivity index (χ0n) is 15.5. The Morgan fingerprint density at radius 1 is 0.741 bits per heavy atom. The third kappa shape index (κ3) is 6.63. The molecule has 7 heteroatoms. The van der Waals surface area contributed by atoms with Crippen molar-refractivity contribution in [3.8, 4) is 11.5 Å². The first-order valence-electron chi connectivity index (χ1n) is 8.49. The molecular formula is C20H24N2O5. The average molecular weight is 372 g/mol. The fourth-order valence-electron chi connectivity index (χ4n) is 2.42. The number of benzene rings is 2. The van der Waals surface area contributed by atoms with Gasteiger partial charge in [-0.05, 0) is 12.1 Å². The lowest BCUT2D eigenvalue weighted by molar-refractivity contribution is -0.131. The third-order valence-corrected chi connectivity index (χ3v) is 3.80. The van der Waals surface area contributed by atoms with Crippen LogP contribution >= 0.6 is 0 Å². The molecule has 2 amide bonds. The van der Waals surface area contributed by atoms with E-state index >= 15 is 0 Å². The van der Waals surface area contributed by atoms with Gasteiger partial charge in [0.05, 0.1) is 14.2 Å². The predicted octanol–water partition coefficient (Wildman–Crippen LogP) is 1.65. The molecule has 0 heterocycles. The van der Waals surface area contributed by atoms with Crippen LogP contribution in [0.3, 0.4) is 0 Å². The molecule has 2 rings (SSSR count). The van der Waals surface area contributed by atoms with Crippen molar-refractivity contribution in [2.24, 2.45) is 0 Å². The summed E-state index contributed by atoms with van der Waals surface area (Å²) in [7, 11) is 3.15. The van der Waals surface area contributed by atoms with E-state index in [0.717, 1.165) is 11.1 Å². The number of carbonyl (C=O) groups excluding carboxylic acids is 2. The molecule has 0 aliphatic carbocycles. The number of carbonyl (C=O) groups is 2. The summed E-state index contributed by atoms with van der Waals surface area (Å²) in [4.78, 5) is 23.7. The van der Waals surface area contributed by atoms with Crippen LogP contribution in [-0.2, 0) is 27.4 Å². The maximum Gasteiger partial charge on any atom is 0.246 e. The topological polar surface area (TPSA) is 85.9 Å². The maximum atomic E-state index is 11.8. The Balaban J connectivity index is 1.66. The van der Waals surface area contributed by atoms with Crippen molar-refractivity contribution in [3.05, 3.63) is 59.7 Å². The fourth-order valence-corrected chi connectivity index (χ4v) is 2.42. The van der Waals surface area contributed by atoms with Gasteiger partial charge in [0, 0.05) is 24.2 Å². The van der Waals surface area contributed by atoms with Crippen LogP contribution in [0.25, 0.3) is 0 Å². The molecular weight excluding hydrogens is 348 g/mol. The highest BCUT2D eigenvalue weighted by molar-refractivity contribution is 5.79. The zero-order valence-corrected chi connectivity index (χ0v) is 15.5. The van der Waals surface area contributed by atoms with Crippen molar-refractivity contribution in [2.45, 2.75) is 13.1 Å². The van der Waals surface area contributed by atoms with E-state index in [1.807, 2.05) is 48.5 Å². The second kappa shape index (κ2) is 10.8. The smallest absolute Gasteiger partial charge is 0.246 e. The first kappa shape index (κ1) is 20.3. The standard InChI is InChI=1S/C20H24N2O5/c1-25-17-9-5-3-7-15(17)11-21-19(23)13-27-14-20(24)22-12-16-8-4-6-10-18(16)26-2/h3-10H,11-14H2,1-2H3,(H,21,23)(H,22,24). The van der Waals surface area contributed by atoms with Gasteiger partial charge < -0.3 is 24.8 Å². The Kier molecular flexibility index (Phi) is 8.12. The molecule has 2 aromatic rings. The van der Waals surface area contributed by atoms with Crippen molar-refractivity contribution >= 4 is 11.8 Å². The van der Waals surface area contributed by atoms with E-state index in [0.29, 0.717) is 24.6 Å². The SMILES string of the molecule is COc1ccccc1CNC(=O)COCC(=O)NCc1ccccc1OC. The lowest BCUT2D eigenvalue weighted by Crippen LogP contribution is -2.31. The molecule has 0 spiro atoms. The third-order valence-electron chi connectivity index (χ3n) is 3.80. The van der Waals surface area contributed by atoms with Gasteiger partial charge in [0.15, 0.2) is 0 Å². The van der Waals surface area contributed by atoms with Crippen LogP contribution < -0.4 is 20.1 Å². The predicted molar refractivity (Wildman–Crippen MR) is 101 cm³/mol. The van der Waals surface area contributed by atoms with Crippen LogP contribution in [-0.4, -0.2) is 39.2 Å². The maximum absolute atomic E-state index is 11.8. The molecule has 0 aliphatic rings. The van der Waals surface area contributed by atoms with Gasteiger partial charge in [0.2, 0.25) is 11.8 Å². The normalized spacial score (nSPS) is 10.1. The molecule has 0 saturated carbocycles. The lowest BCUT2D eigenvalue weighted by atomic mass is 10.2. The van der Waals surface area contributed by atoms with E-state index in [2.05, 4.69) is 10.6 Å². The minimum atomic E-state index is -0.307. The minimum absolute atomic E-state index is 0.197. The molecule has 7 nitrogen and oxygen atoms in total. The fraction of sp³-hybridized carbons (Fsp3) is 0.300. The summed E-state index contributed by atoms with van der Waals surface area (Å²) in [5, 5.41) is 5.46. The van der Waals surface area contributed by atoms with E-state index in [4.69, 9.17) is 14.2 Å². The summed E-state index contributed by atoms with van der Waals surface area (Å²) in [5.74, 6) is 0.792. The molecule has 0 aliphatic heterocycles. The summed E-state index contributed by atoms with van der Waals surface area (Å²) < 4.78 is 15.6. The number of ether oxygens (including phenoxy) is 3. The highest BCUT2D eigenvalue weighted by atomic mass is 16.5. The monoisotopic (exact) mass is 372 g/mol. The van der Waals surface area contributed by atoms with Gasteiger partial charge in [-0.2, -0.15) is 0 Å². The Bertz CT molecular complexity index is 700. The molecule has 27 heavy (non-hydrogen) atoms. The Morgan fingerprint density at radius 2 is 1.15 bits per heavy atom. The van der Waals surface area contributed by atoms with Crippen LogP contribution in [0, 0.1) is 0 Å². The Labute approximate surface area is 158 Å². The van der Waals surface area contributed by atoms with Crippen molar-refractivity contribution in [1.29, 1.82) is 0 Å². The molecule has 2 N–H and O–H groups in total. The number of rotatable bonds is 10. The van der Waals surface area contributed by atoms with Crippen molar-refractivity contribution < 1.29 is 23.8 Å². The van der Waals surface area contributed by atoms with Crippen LogP contribution in [0.1, 0.15) is 11.1 Å². The van der Waals surface area contributed by atoms with Crippen LogP contribution in [0.5, 0.6) is 11.5 Å². The summed E-state index contributed by atoms with van der Waals surface area (Å²) in [6.07, 6.45) is 0. The first-order chi connectivity index (χ1) is 13.1. The van der Waals surface area contributed by atoms with Gasteiger partial charge in [0.25, 0.3) is 0 Å². The molecule has 2 aromatic carbocycles. The van der Waals surface area contributed by atoms with E-state index in [1.165, 1.54) is 0 Å². The summed E-state index contributed by atoms with van der Waals surface area (Å²) >= 11 is 0. The van der Waals surface area contributed by atoms with Gasteiger partial charge in [-0.15, -0.1) is 0 Å². The highest BCUT2D eigenvalue weighted by Crippen LogP contribution is 2.17. The van der Waals surface area contributed by atoms with E-state index in [-0.39, 0.29) is 25.0 Å². The van der Waals surface area contributed by atoms with E-state index in [1.54, 1.807) is 14.2 Å². The second-order valence-corrected chi connectivity index (χ2v) is 5.67. The van der Waals surface area contributed by atoms with Gasteiger partial charge >= 0.3 is 0 Å². The number of para-hydroxylation sites is 2. The first-order valence-corrected chi connectivity index (χ1v) is 8.49. The quantitative estimate of drug-likeness (QED) is 0.662. The van der Waals surface area contributed by atoms with Crippen molar-refractivity contribution in [2.75, 3.05) is 27.4 Å². The lowest BCUT2D eigenvalue weighted by Gasteiger charge is -2.11. The van der Waals surface area contributed by atoms with Crippen molar-refractivity contribution in [1.82, 2.24) is 10.6 Å². The molecule has 0 bridgehead atoms. The van der Waals surface area contributed by atoms with Crippen molar-refractivity contribution in [3.63, 3.8) is 0 Å². The summed E-state index contributed by atoms with van der Waals surface area (Å²) in [6.45, 7) is 0.257. The number of nitrogens with one attached hydrogen (secondary N) is 2. The van der Waals surface area contributed by atoms with Crippen LogP contribution in [0.4, 0.5) is 0 Å². The molecule has 0 fully saturated rings. The highest BCUT2D eigenvalue weighted by Gasteiger charge is 2.08. The van der Waals surface area contributed by atoms with E-state index < -0.39 is 0 Å². The summed E-state index contributed by atoms with van der Waals surface area (Å²) in [6, 6.07) is 14.8. The minimum Gasteiger partial charge on any atom is -0.496 e. The average Bonchev–Trinajstić information content (AvgIpc) is 2.71.